The van der Waals surface area contributed by atoms with E-state index in [0.29, 0.717) is 13.0 Å². The van der Waals surface area contributed by atoms with E-state index in [0.717, 1.165) is 33.4 Å². The fourth-order valence-electron chi connectivity index (χ4n) is 2.16. The lowest BCUT2D eigenvalue weighted by Crippen LogP contribution is -2.23. The van der Waals surface area contributed by atoms with E-state index in [2.05, 4.69) is 10.1 Å². The maximum Gasteiger partial charge on any atom is 0.248 e. The number of amides is 1. The van der Waals surface area contributed by atoms with Gasteiger partial charge in [-0.25, -0.2) is 9.99 Å². The highest BCUT2D eigenvalue weighted by atomic mass is 35.5. The Morgan fingerprint density at radius 3 is 2.76 bits per heavy atom. The van der Waals surface area contributed by atoms with E-state index in [1.807, 2.05) is 36.6 Å². The molecule has 0 unspecified atom stereocenters. The van der Waals surface area contributed by atoms with Crippen molar-refractivity contribution in [1.29, 1.82) is 0 Å². The largest absolute Gasteiger partial charge is 0.273 e. The topological polar surface area (TPSA) is 45.6 Å². The fourth-order valence-corrected chi connectivity index (χ4v) is 3.09. The van der Waals surface area contributed by atoms with Gasteiger partial charge in [0.25, 0.3) is 0 Å². The van der Waals surface area contributed by atoms with E-state index in [1.54, 1.807) is 16.3 Å². The molecule has 0 saturated carbocycles. The second kappa shape index (κ2) is 5.95. The van der Waals surface area contributed by atoms with Crippen molar-refractivity contribution in [3.63, 3.8) is 0 Å². The summed E-state index contributed by atoms with van der Waals surface area (Å²) >= 11 is 7.49. The molecule has 21 heavy (non-hydrogen) atoms. The highest BCUT2D eigenvalue weighted by Gasteiger charge is 2.20. The quantitative estimate of drug-likeness (QED) is 0.864. The van der Waals surface area contributed by atoms with E-state index >= 15 is 0 Å². The monoisotopic (exact) mass is 319 g/mol. The Hall–Kier alpha value is -1.72. The number of thiazole rings is 1. The molecule has 1 amide bonds. The smallest absolute Gasteiger partial charge is 0.248 e. The molecule has 2 aromatic rings. The highest BCUT2D eigenvalue weighted by molar-refractivity contribution is 7.09. The minimum atomic E-state index is 0.0713. The zero-order valence-corrected chi connectivity index (χ0v) is 13.1. The van der Waals surface area contributed by atoms with Crippen LogP contribution >= 0.6 is 22.9 Å². The molecular weight excluding hydrogens is 306 g/mol. The Kier molecular flexibility index (Phi) is 4.03. The molecule has 3 rings (SSSR count). The normalized spacial score (nSPS) is 14.7. The first-order valence-corrected chi connectivity index (χ1v) is 7.92. The van der Waals surface area contributed by atoms with Gasteiger partial charge in [-0.2, -0.15) is 5.10 Å². The van der Waals surface area contributed by atoms with Crippen molar-refractivity contribution in [3.05, 3.63) is 39.7 Å². The van der Waals surface area contributed by atoms with Crippen molar-refractivity contribution in [2.75, 3.05) is 6.54 Å². The van der Waals surface area contributed by atoms with E-state index in [-0.39, 0.29) is 5.91 Å². The molecule has 4 nitrogen and oxygen atoms in total. The third kappa shape index (κ3) is 3.31. The number of hydrogen-bond acceptors (Lipinski definition) is 4. The van der Waals surface area contributed by atoms with Gasteiger partial charge in [0.1, 0.15) is 0 Å². The summed E-state index contributed by atoms with van der Waals surface area (Å²) in [6.07, 6.45) is 1.16. The maximum atomic E-state index is 11.6. The van der Waals surface area contributed by atoms with Crippen LogP contribution in [0.15, 0.2) is 34.7 Å². The molecule has 0 saturated heterocycles. The molecule has 1 aliphatic rings. The zero-order chi connectivity index (χ0) is 14.8. The van der Waals surface area contributed by atoms with Crippen LogP contribution in [0.4, 0.5) is 0 Å². The van der Waals surface area contributed by atoms with Gasteiger partial charge >= 0.3 is 0 Å². The number of aromatic nitrogens is 1. The molecule has 0 fully saturated rings. The first kappa shape index (κ1) is 14.2. The first-order chi connectivity index (χ1) is 10.1. The average Bonchev–Trinajstić information content (AvgIpc) is 3.04. The van der Waals surface area contributed by atoms with Gasteiger partial charge in [0.15, 0.2) is 0 Å². The second-order valence-corrected chi connectivity index (χ2v) is 6.29. The van der Waals surface area contributed by atoms with Crippen molar-refractivity contribution in [1.82, 2.24) is 9.99 Å². The highest BCUT2D eigenvalue weighted by Crippen LogP contribution is 2.24. The molecule has 6 heteroatoms. The standard InChI is InChI=1S/C15H14ClN3OS/c1-10-8-15(20)19(18-10)7-6-14-17-13(9-21-14)11-2-4-12(16)5-3-11/h2-5,9H,6-8H2,1H3. The summed E-state index contributed by atoms with van der Waals surface area (Å²) in [6.45, 7) is 2.46. The van der Waals surface area contributed by atoms with Crippen LogP contribution in [0.2, 0.25) is 5.02 Å². The summed E-state index contributed by atoms with van der Waals surface area (Å²) in [5.74, 6) is 0.0713. The van der Waals surface area contributed by atoms with Gasteiger partial charge in [-0.15, -0.1) is 11.3 Å². The van der Waals surface area contributed by atoms with E-state index in [4.69, 9.17) is 11.6 Å². The summed E-state index contributed by atoms with van der Waals surface area (Å²) in [7, 11) is 0. The lowest BCUT2D eigenvalue weighted by molar-refractivity contribution is -0.128. The van der Waals surface area contributed by atoms with Gasteiger partial charge in [-0.05, 0) is 19.1 Å². The molecule has 1 aromatic carbocycles. The van der Waals surface area contributed by atoms with Crippen LogP contribution in [0.5, 0.6) is 0 Å². The molecule has 0 bridgehead atoms. The first-order valence-electron chi connectivity index (χ1n) is 6.66. The third-order valence-corrected chi connectivity index (χ3v) is 4.38. The van der Waals surface area contributed by atoms with Crippen LogP contribution in [0.25, 0.3) is 11.3 Å². The van der Waals surface area contributed by atoms with Crippen LogP contribution in [0.3, 0.4) is 0 Å². The molecule has 2 heterocycles. The van der Waals surface area contributed by atoms with Crippen molar-refractivity contribution < 1.29 is 4.79 Å². The molecule has 1 aliphatic heterocycles. The van der Waals surface area contributed by atoms with E-state index in [1.165, 1.54) is 0 Å². The summed E-state index contributed by atoms with van der Waals surface area (Å²) in [6, 6.07) is 7.63. The van der Waals surface area contributed by atoms with Gasteiger partial charge in [-0.3, -0.25) is 4.79 Å². The minimum Gasteiger partial charge on any atom is -0.273 e. The van der Waals surface area contributed by atoms with E-state index in [9.17, 15) is 4.79 Å². The summed E-state index contributed by atoms with van der Waals surface area (Å²) in [4.78, 5) is 16.3. The predicted molar refractivity (Wildman–Crippen MR) is 85.7 cm³/mol. The van der Waals surface area contributed by atoms with Crippen LogP contribution < -0.4 is 0 Å². The Morgan fingerprint density at radius 1 is 1.33 bits per heavy atom. The van der Waals surface area contributed by atoms with Crippen molar-refractivity contribution >= 4 is 34.6 Å². The lowest BCUT2D eigenvalue weighted by atomic mass is 10.2. The fraction of sp³-hybridized carbons (Fsp3) is 0.267. The average molecular weight is 320 g/mol. The zero-order valence-electron chi connectivity index (χ0n) is 11.5. The second-order valence-electron chi connectivity index (χ2n) is 4.91. The molecule has 0 aliphatic carbocycles. The number of benzene rings is 1. The number of rotatable bonds is 4. The number of hydrogen-bond donors (Lipinski definition) is 0. The third-order valence-electron chi connectivity index (χ3n) is 3.22. The van der Waals surface area contributed by atoms with Crippen molar-refractivity contribution in [2.45, 2.75) is 19.8 Å². The number of carbonyl (C=O) groups excluding carboxylic acids is 1. The molecule has 0 N–H and O–H groups in total. The van der Waals surface area contributed by atoms with Gasteiger partial charge in [0.2, 0.25) is 5.91 Å². The SMILES string of the molecule is CC1=NN(CCc2nc(-c3ccc(Cl)cc3)cs2)C(=O)C1. The van der Waals surface area contributed by atoms with Gasteiger partial charge in [-0.1, -0.05) is 23.7 Å². The Labute approximate surface area is 132 Å². The molecule has 108 valence electrons. The van der Waals surface area contributed by atoms with Crippen LogP contribution in [-0.4, -0.2) is 28.2 Å². The van der Waals surface area contributed by atoms with Crippen LogP contribution in [-0.2, 0) is 11.2 Å². The minimum absolute atomic E-state index is 0.0713. The Balaban J connectivity index is 1.65. The van der Waals surface area contributed by atoms with E-state index < -0.39 is 0 Å². The molecule has 0 spiro atoms. The van der Waals surface area contributed by atoms with Crippen LogP contribution in [0, 0.1) is 0 Å². The number of carbonyl (C=O) groups is 1. The number of hydrazone groups is 1. The predicted octanol–water partition coefficient (Wildman–Crippen LogP) is 3.61. The molecule has 1 aromatic heterocycles. The number of halogens is 1. The summed E-state index contributed by atoms with van der Waals surface area (Å²) < 4.78 is 0. The summed E-state index contributed by atoms with van der Waals surface area (Å²) in [5.41, 5.74) is 2.87. The molecule has 0 radical (unpaired) electrons. The number of nitrogens with zero attached hydrogens (tertiary/aromatic N) is 3. The van der Waals surface area contributed by atoms with Crippen LogP contribution in [0.1, 0.15) is 18.4 Å². The van der Waals surface area contributed by atoms with Crippen molar-refractivity contribution in [3.8, 4) is 11.3 Å². The molecular formula is C15H14ClN3OS. The maximum absolute atomic E-state index is 11.6. The van der Waals surface area contributed by atoms with Gasteiger partial charge < -0.3 is 0 Å². The van der Waals surface area contributed by atoms with Crippen molar-refractivity contribution in [2.24, 2.45) is 5.10 Å². The van der Waals surface area contributed by atoms with Gasteiger partial charge in [0, 0.05) is 28.1 Å². The summed E-state index contributed by atoms with van der Waals surface area (Å²) in [5, 5.41) is 9.51. The lowest BCUT2D eigenvalue weighted by Gasteiger charge is -2.09. The Morgan fingerprint density at radius 2 is 2.10 bits per heavy atom. The Bertz CT molecular complexity index is 693. The molecule has 0 atom stereocenters. The van der Waals surface area contributed by atoms with Gasteiger partial charge in [0.05, 0.1) is 23.7 Å².